The van der Waals surface area contributed by atoms with Gasteiger partial charge in [0.25, 0.3) is 0 Å². The molecular weight excluding hydrogens is 309 g/mol. The van der Waals surface area contributed by atoms with Gasteiger partial charge in [-0.05, 0) is 0 Å². The third kappa shape index (κ3) is 52.7. The summed E-state index contributed by atoms with van der Waals surface area (Å²) >= 11 is -5.62. The Morgan fingerprint density at radius 1 is 1.15 bits per heavy atom. The Kier molecular flexibility index (Phi) is 24.4. The molecule has 0 amide bonds. The second-order valence-electron chi connectivity index (χ2n) is 0.799. The van der Waals surface area contributed by atoms with E-state index < -0.39 is 33.2 Å². The summed E-state index contributed by atoms with van der Waals surface area (Å²) in [4.78, 5) is 0. The molecule has 2 unspecified atom stereocenters. The van der Waals surface area contributed by atoms with Crippen LogP contribution in [0.4, 0.5) is 0 Å². The molecule has 0 spiro atoms. The van der Waals surface area contributed by atoms with Gasteiger partial charge in [0.2, 0.25) is 10.1 Å². The van der Waals surface area contributed by atoms with Crippen LogP contribution in [0.15, 0.2) is 0 Å². The van der Waals surface area contributed by atoms with Crippen molar-refractivity contribution in [2.45, 2.75) is 0 Å². The summed E-state index contributed by atoms with van der Waals surface area (Å²) in [5.74, 6) is 0. The fourth-order valence-corrected chi connectivity index (χ4v) is 0. The minimum atomic E-state index is -5.62. The van der Waals surface area contributed by atoms with Crippen molar-refractivity contribution in [3.05, 3.63) is 0 Å². The Morgan fingerprint density at radius 3 is 1.23 bits per heavy atom. The van der Waals surface area contributed by atoms with Gasteiger partial charge in [0.05, 0.1) is 10.1 Å². The minimum absolute atomic E-state index is 0. The average molecular weight is 310 g/mol. The number of hydrogen-bond acceptors (Lipinski definition) is 7. The van der Waals surface area contributed by atoms with Crippen LogP contribution in [0.1, 0.15) is 0 Å². The third-order valence-electron chi connectivity index (χ3n) is 0.116. The fourth-order valence-electron chi connectivity index (χ4n) is 0. The summed E-state index contributed by atoms with van der Waals surface area (Å²) in [6, 6.07) is 0. The van der Waals surface area contributed by atoms with Gasteiger partial charge in [-0.3, -0.25) is 8.76 Å². The standard InChI is InChI=1S/K.Mn.Na.H2O4S2.4O/c;;;1-5(2)6(3)4;;;;/h;;;(H,1,2)(H,3,4);;;;/q+1;;+1;;;;;-1/p-1. The van der Waals surface area contributed by atoms with Crippen molar-refractivity contribution < 1.29 is 127 Å². The molecular formula is HKMnNaO8S2. The van der Waals surface area contributed by atoms with Gasteiger partial charge in [-0.1, -0.05) is 0 Å². The molecule has 0 rings (SSSR count). The predicted octanol–water partition coefficient (Wildman–Crippen LogP) is -8.54. The van der Waals surface area contributed by atoms with E-state index in [1.54, 1.807) is 0 Å². The molecule has 70 valence electrons. The van der Waals surface area contributed by atoms with E-state index in [-0.39, 0.29) is 80.9 Å². The first-order chi connectivity index (χ1) is 4.64. The molecule has 0 saturated heterocycles. The first kappa shape index (κ1) is 24.8. The third-order valence-corrected chi connectivity index (χ3v) is 1.05. The first-order valence-electron chi connectivity index (χ1n) is 1.47. The maximum atomic E-state index is 9.20. The zero-order chi connectivity index (χ0) is 9.65. The molecule has 0 aliphatic rings. The second kappa shape index (κ2) is 12.8. The molecule has 0 aromatic carbocycles. The molecule has 0 radical (unpaired) electrons. The topological polar surface area (TPSA) is 152 Å². The normalized spacial score (nSPS) is 13.5. The molecule has 0 heterocycles. The van der Waals surface area contributed by atoms with E-state index in [1.807, 2.05) is 0 Å². The van der Waals surface area contributed by atoms with Crippen LogP contribution in [0.2, 0.25) is 0 Å². The Morgan fingerprint density at radius 2 is 1.23 bits per heavy atom. The Balaban J connectivity index is -0.0000000546. The van der Waals surface area contributed by atoms with Gasteiger partial charge in [-0.2, -0.15) is 0 Å². The van der Waals surface area contributed by atoms with Crippen molar-refractivity contribution in [2.24, 2.45) is 0 Å². The fraction of sp³-hybridized carbons (Fsp3) is 0. The molecule has 0 aromatic rings. The van der Waals surface area contributed by atoms with Crippen molar-refractivity contribution in [3.63, 3.8) is 0 Å². The SMILES string of the molecule is O=S([O-])S(=O)O.[K+].[Na+].[O]=[Mn](=[O])(=[O])[O-]. The Bertz CT molecular complexity index is 272. The van der Waals surface area contributed by atoms with Crippen LogP contribution in [0, 0.1) is 0 Å². The van der Waals surface area contributed by atoms with Gasteiger partial charge < -0.3 is 4.55 Å². The van der Waals surface area contributed by atoms with Crippen molar-refractivity contribution in [1.82, 2.24) is 0 Å². The van der Waals surface area contributed by atoms with Crippen LogP contribution in [0.3, 0.4) is 0 Å². The average Bonchev–Trinajstić information content (AvgIpc) is 1.59. The molecule has 0 fully saturated rings. The van der Waals surface area contributed by atoms with Crippen LogP contribution in [-0.2, 0) is 44.7 Å². The summed E-state index contributed by atoms with van der Waals surface area (Å²) in [6.07, 6.45) is 0. The van der Waals surface area contributed by atoms with E-state index in [9.17, 15) is 4.21 Å². The van der Waals surface area contributed by atoms with Crippen LogP contribution >= 0.6 is 0 Å². The molecule has 0 bridgehead atoms. The van der Waals surface area contributed by atoms with E-state index >= 15 is 0 Å². The summed E-state index contributed by atoms with van der Waals surface area (Å²) in [5, 5.41) is 0. The van der Waals surface area contributed by atoms with Gasteiger partial charge in [0, 0.05) is 0 Å². The van der Waals surface area contributed by atoms with Crippen LogP contribution < -0.4 is 85.1 Å². The molecule has 13 heavy (non-hydrogen) atoms. The zero-order valence-corrected chi connectivity index (χ0v) is 14.4. The zero-order valence-electron chi connectivity index (χ0n) is 6.50. The van der Waals surface area contributed by atoms with Gasteiger partial charge in [-0.25, -0.2) is 4.21 Å². The van der Waals surface area contributed by atoms with Gasteiger partial charge in [-0.15, -0.1) is 0 Å². The maximum absolute atomic E-state index is 9.20. The van der Waals surface area contributed by atoms with E-state index in [4.69, 9.17) is 29.0 Å². The van der Waals surface area contributed by atoms with Gasteiger partial charge in [0.1, 0.15) is 0 Å². The quantitative estimate of drug-likeness (QED) is 0.285. The number of hydrogen-bond donors (Lipinski definition) is 1. The van der Waals surface area contributed by atoms with Crippen molar-refractivity contribution in [1.29, 1.82) is 0 Å². The molecule has 8 nitrogen and oxygen atoms in total. The molecule has 13 heteroatoms. The first-order valence-corrected chi connectivity index (χ1v) is 6.09. The van der Waals surface area contributed by atoms with E-state index in [2.05, 4.69) is 0 Å². The Labute approximate surface area is 144 Å². The van der Waals surface area contributed by atoms with E-state index in [1.165, 1.54) is 0 Å². The molecule has 1 N–H and O–H groups in total. The second-order valence-corrected chi connectivity index (χ2v) is 4.49. The molecule has 0 aromatic heterocycles. The summed E-state index contributed by atoms with van der Waals surface area (Å²) in [7, 11) is -5.54. The summed E-state index contributed by atoms with van der Waals surface area (Å²) in [6.45, 7) is 0. The van der Waals surface area contributed by atoms with E-state index in [0.29, 0.717) is 0 Å². The monoisotopic (exact) mass is 310 g/mol. The van der Waals surface area contributed by atoms with Gasteiger partial charge >= 0.3 is 110 Å². The van der Waals surface area contributed by atoms with Crippen molar-refractivity contribution in [2.75, 3.05) is 0 Å². The van der Waals surface area contributed by atoms with Crippen LogP contribution in [-0.4, -0.2) is 17.5 Å². The Hall–Kier alpha value is 2.74. The van der Waals surface area contributed by atoms with Crippen molar-refractivity contribution in [3.8, 4) is 0 Å². The summed E-state index contributed by atoms with van der Waals surface area (Å²) in [5.41, 5.74) is 0. The van der Waals surface area contributed by atoms with Gasteiger partial charge in [0.15, 0.2) is 0 Å². The van der Waals surface area contributed by atoms with E-state index in [0.717, 1.165) is 0 Å². The molecule has 0 aliphatic carbocycles. The van der Waals surface area contributed by atoms with Crippen LogP contribution in [0.25, 0.3) is 0 Å². The van der Waals surface area contributed by atoms with Crippen molar-refractivity contribution >= 4 is 20.2 Å². The molecule has 0 saturated carbocycles. The summed E-state index contributed by atoms with van der Waals surface area (Å²) < 4.78 is 69.3. The predicted molar refractivity (Wildman–Crippen MR) is 21.8 cm³/mol. The molecule has 0 aliphatic heterocycles. The number of rotatable bonds is 1. The van der Waals surface area contributed by atoms with Crippen LogP contribution in [0.5, 0.6) is 0 Å². The molecule has 2 atom stereocenters.